The summed E-state index contributed by atoms with van der Waals surface area (Å²) in [5.74, 6) is -3.48. The third-order valence-corrected chi connectivity index (χ3v) is 3.85. The number of nitrogens with zero attached hydrogens (tertiary/aromatic N) is 1. The second-order valence-corrected chi connectivity index (χ2v) is 6.23. The standard InChI is InChI=1S/C17H21F2NO5/c1-10(2)16(25-14-4-3-11(18)7-13(14)19)17(23)20-5-6-24-12(9-20)8-15(21)22/h3-4,7,10,12,16H,5-6,8-9H2,1-2H3,(H,21,22). The number of aliphatic carboxylic acids is 1. The quantitative estimate of drug-likeness (QED) is 0.844. The number of carboxylic acids is 1. The molecule has 1 aromatic rings. The van der Waals surface area contributed by atoms with Crippen molar-refractivity contribution in [3.8, 4) is 5.75 Å². The molecule has 0 spiro atoms. The van der Waals surface area contributed by atoms with E-state index in [2.05, 4.69) is 0 Å². The molecule has 1 saturated heterocycles. The Hall–Kier alpha value is -2.22. The van der Waals surface area contributed by atoms with Gasteiger partial charge >= 0.3 is 5.97 Å². The topological polar surface area (TPSA) is 76.1 Å². The number of hydrogen-bond acceptors (Lipinski definition) is 4. The molecule has 1 N–H and O–H groups in total. The number of hydrogen-bond donors (Lipinski definition) is 1. The summed E-state index contributed by atoms with van der Waals surface area (Å²) < 4.78 is 37.7. The van der Waals surface area contributed by atoms with Crippen molar-refractivity contribution in [2.75, 3.05) is 19.7 Å². The van der Waals surface area contributed by atoms with Gasteiger partial charge in [0.25, 0.3) is 5.91 Å². The van der Waals surface area contributed by atoms with Gasteiger partial charge in [-0.25, -0.2) is 8.78 Å². The Balaban J connectivity index is 2.10. The molecule has 1 aromatic carbocycles. The number of rotatable bonds is 6. The highest BCUT2D eigenvalue weighted by Gasteiger charge is 2.33. The van der Waals surface area contributed by atoms with Crippen molar-refractivity contribution in [3.05, 3.63) is 29.8 Å². The molecule has 25 heavy (non-hydrogen) atoms. The van der Waals surface area contributed by atoms with Crippen LogP contribution >= 0.6 is 0 Å². The Labute approximate surface area is 144 Å². The van der Waals surface area contributed by atoms with E-state index < -0.39 is 29.8 Å². The van der Waals surface area contributed by atoms with Crippen molar-refractivity contribution in [2.24, 2.45) is 5.92 Å². The Kier molecular flexibility index (Phi) is 6.30. The molecule has 1 heterocycles. The highest BCUT2D eigenvalue weighted by molar-refractivity contribution is 5.82. The lowest BCUT2D eigenvalue weighted by molar-refractivity contribution is -0.153. The first kappa shape index (κ1) is 19.1. The molecule has 2 rings (SSSR count). The zero-order valence-electron chi connectivity index (χ0n) is 14.1. The summed E-state index contributed by atoms with van der Waals surface area (Å²) in [6.45, 7) is 4.15. The van der Waals surface area contributed by atoms with Gasteiger partial charge in [0.2, 0.25) is 0 Å². The van der Waals surface area contributed by atoms with Crippen LogP contribution in [0.5, 0.6) is 5.75 Å². The Bertz CT molecular complexity index is 637. The van der Waals surface area contributed by atoms with Crippen molar-refractivity contribution in [3.63, 3.8) is 0 Å². The Morgan fingerprint density at radius 3 is 2.72 bits per heavy atom. The molecule has 0 aliphatic carbocycles. The molecule has 0 radical (unpaired) electrons. The number of morpholine rings is 1. The maximum Gasteiger partial charge on any atom is 0.306 e. The molecule has 2 unspecified atom stereocenters. The van der Waals surface area contributed by atoms with E-state index >= 15 is 0 Å². The molecule has 0 saturated carbocycles. The number of carbonyl (C=O) groups is 2. The smallest absolute Gasteiger partial charge is 0.306 e. The van der Waals surface area contributed by atoms with Crippen LogP contribution in [0, 0.1) is 17.6 Å². The average Bonchev–Trinajstić information content (AvgIpc) is 2.53. The number of carbonyl (C=O) groups excluding carboxylic acids is 1. The summed E-state index contributed by atoms with van der Waals surface area (Å²) in [5.41, 5.74) is 0. The predicted molar refractivity (Wildman–Crippen MR) is 84.2 cm³/mol. The van der Waals surface area contributed by atoms with Crippen LogP contribution in [0.15, 0.2) is 18.2 Å². The molecule has 1 fully saturated rings. The van der Waals surface area contributed by atoms with E-state index in [0.717, 1.165) is 12.1 Å². The van der Waals surface area contributed by atoms with Crippen molar-refractivity contribution in [1.82, 2.24) is 4.90 Å². The largest absolute Gasteiger partial charge is 0.481 e. The fourth-order valence-corrected chi connectivity index (χ4v) is 2.60. The van der Waals surface area contributed by atoms with Gasteiger partial charge in [0.1, 0.15) is 5.82 Å². The molecule has 138 valence electrons. The Morgan fingerprint density at radius 2 is 2.12 bits per heavy atom. The second kappa shape index (κ2) is 8.24. The van der Waals surface area contributed by atoms with Gasteiger partial charge in [0, 0.05) is 19.2 Å². The Morgan fingerprint density at radius 1 is 1.40 bits per heavy atom. The fourth-order valence-electron chi connectivity index (χ4n) is 2.60. The van der Waals surface area contributed by atoms with Crippen LogP contribution in [0.2, 0.25) is 0 Å². The van der Waals surface area contributed by atoms with Gasteiger partial charge in [0.05, 0.1) is 19.1 Å². The van der Waals surface area contributed by atoms with Gasteiger partial charge in [-0.3, -0.25) is 9.59 Å². The summed E-state index contributed by atoms with van der Waals surface area (Å²) in [5, 5.41) is 8.86. The van der Waals surface area contributed by atoms with Crippen molar-refractivity contribution >= 4 is 11.9 Å². The number of carboxylic acid groups (broad SMARTS) is 1. The first-order valence-electron chi connectivity index (χ1n) is 8.01. The summed E-state index contributed by atoms with van der Waals surface area (Å²) in [4.78, 5) is 25.0. The van der Waals surface area contributed by atoms with Crippen LogP contribution < -0.4 is 4.74 Å². The first-order chi connectivity index (χ1) is 11.8. The molecule has 0 aromatic heterocycles. The molecule has 1 aliphatic rings. The van der Waals surface area contributed by atoms with Crippen molar-refractivity contribution in [2.45, 2.75) is 32.5 Å². The summed E-state index contributed by atoms with van der Waals surface area (Å²) in [7, 11) is 0. The van der Waals surface area contributed by atoms with E-state index in [1.54, 1.807) is 13.8 Å². The van der Waals surface area contributed by atoms with Crippen molar-refractivity contribution < 1.29 is 33.0 Å². The third kappa shape index (κ3) is 5.12. The summed E-state index contributed by atoms with van der Waals surface area (Å²) in [6.07, 6.45) is -1.77. The fraction of sp³-hybridized carbons (Fsp3) is 0.529. The van der Waals surface area contributed by atoms with Gasteiger partial charge in [-0.05, 0) is 18.1 Å². The lowest BCUT2D eigenvalue weighted by Crippen LogP contribution is -2.52. The van der Waals surface area contributed by atoms with Crippen LogP contribution in [0.1, 0.15) is 20.3 Å². The van der Waals surface area contributed by atoms with Gasteiger partial charge in [-0.15, -0.1) is 0 Å². The number of ether oxygens (including phenoxy) is 2. The van der Waals surface area contributed by atoms with E-state index in [0.29, 0.717) is 12.6 Å². The normalized spacial score (nSPS) is 18.9. The minimum atomic E-state index is -1.01. The van der Waals surface area contributed by atoms with Gasteiger partial charge in [-0.1, -0.05) is 13.8 Å². The maximum atomic E-state index is 13.8. The van der Waals surface area contributed by atoms with Crippen LogP contribution in [0.3, 0.4) is 0 Å². The second-order valence-electron chi connectivity index (χ2n) is 6.23. The highest BCUT2D eigenvalue weighted by Crippen LogP contribution is 2.23. The third-order valence-electron chi connectivity index (χ3n) is 3.85. The molecule has 8 heteroatoms. The van der Waals surface area contributed by atoms with E-state index in [-0.39, 0.29) is 37.1 Å². The number of amides is 1. The van der Waals surface area contributed by atoms with Crippen molar-refractivity contribution in [1.29, 1.82) is 0 Å². The van der Waals surface area contributed by atoms with Crippen LogP contribution in [0.4, 0.5) is 8.78 Å². The average molecular weight is 357 g/mol. The molecular formula is C17H21F2NO5. The lowest BCUT2D eigenvalue weighted by Gasteiger charge is -2.35. The summed E-state index contributed by atoms with van der Waals surface area (Å²) >= 11 is 0. The molecule has 1 amide bonds. The maximum absolute atomic E-state index is 13.8. The number of halogens is 2. The monoisotopic (exact) mass is 357 g/mol. The van der Waals surface area contributed by atoms with E-state index in [1.807, 2.05) is 0 Å². The van der Waals surface area contributed by atoms with Crippen LogP contribution in [-0.2, 0) is 14.3 Å². The SMILES string of the molecule is CC(C)C(Oc1ccc(F)cc1F)C(=O)N1CCOC(CC(=O)O)C1. The molecule has 2 atom stereocenters. The van der Waals surface area contributed by atoms with E-state index in [1.165, 1.54) is 4.90 Å². The summed E-state index contributed by atoms with van der Waals surface area (Å²) in [6, 6.07) is 2.88. The zero-order valence-corrected chi connectivity index (χ0v) is 14.1. The minimum Gasteiger partial charge on any atom is -0.481 e. The molecule has 0 bridgehead atoms. The minimum absolute atomic E-state index is 0.129. The van der Waals surface area contributed by atoms with Crippen LogP contribution in [-0.4, -0.2) is 53.8 Å². The predicted octanol–water partition coefficient (Wildman–Crippen LogP) is 2.07. The molecular weight excluding hydrogens is 336 g/mol. The zero-order chi connectivity index (χ0) is 18.6. The molecule has 1 aliphatic heterocycles. The van der Waals surface area contributed by atoms with E-state index in [9.17, 15) is 18.4 Å². The van der Waals surface area contributed by atoms with Gasteiger partial charge < -0.3 is 19.5 Å². The number of benzene rings is 1. The van der Waals surface area contributed by atoms with E-state index in [4.69, 9.17) is 14.6 Å². The highest BCUT2D eigenvalue weighted by atomic mass is 19.1. The first-order valence-corrected chi connectivity index (χ1v) is 8.01. The van der Waals surface area contributed by atoms with Gasteiger partial charge in [-0.2, -0.15) is 0 Å². The van der Waals surface area contributed by atoms with Crippen LogP contribution in [0.25, 0.3) is 0 Å². The van der Waals surface area contributed by atoms with Gasteiger partial charge in [0.15, 0.2) is 17.7 Å². The molecule has 6 nitrogen and oxygen atoms in total. The lowest BCUT2D eigenvalue weighted by atomic mass is 10.0.